The van der Waals surface area contributed by atoms with Gasteiger partial charge in [-0.15, -0.1) is 0 Å². The Balaban J connectivity index is 1.67. The summed E-state index contributed by atoms with van der Waals surface area (Å²) in [5.74, 6) is -2.55. The van der Waals surface area contributed by atoms with Crippen molar-refractivity contribution in [2.24, 2.45) is 0 Å². The van der Waals surface area contributed by atoms with E-state index in [2.05, 4.69) is 0 Å². The summed E-state index contributed by atoms with van der Waals surface area (Å²) in [4.78, 5) is 28.5. The highest BCUT2D eigenvalue weighted by molar-refractivity contribution is 7.80. The van der Waals surface area contributed by atoms with E-state index in [0.29, 0.717) is 4.90 Å². The Bertz CT molecular complexity index is 877. The van der Waals surface area contributed by atoms with Crippen LogP contribution >= 0.6 is 12.2 Å². The Morgan fingerprint density at radius 1 is 1.26 bits per heavy atom. The quantitative estimate of drug-likeness (QED) is 0.502. The average molecular weight is 464 g/mol. The largest absolute Gasteiger partial charge is 0.474 e. The van der Waals surface area contributed by atoms with E-state index in [9.17, 15) is 27.2 Å². The van der Waals surface area contributed by atoms with E-state index in [0.717, 1.165) is 6.07 Å². The van der Waals surface area contributed by atoms with Gasteiger partial charge < -0.3 is 19.3 Å². The number of nitrogens with zero attached hydrogens (tertiary/aromatic N) is 4. The molecule has 170 valence electrons. The Morgan fingerprint density at radius 2 is 1.90 bits per heavy atom. The number of rotatable bonds is 3. The number of piperazine rings is 1. The van der Waals surface area contributed by atoms with Gasteiger partial charge >= 0.3 is 18.2 Å². The van der Waals surface area contributed by atoms with Crippen LogP contribution in [0.1, 0.15) is 0 Å². The normalized spacial score (nSPS) is 19.4. The fourth-order valence-corrected chi connectivity index (χ4v) is 3.49. The summed E-state index contributed by atoms with van der Waals surface area (Å²) in [6.45, 7) is -0.164. The molecule has 0 aromatic heterocycles. The molecule has 0 bridgehead atoms. The van der Waals surface area contributed by atoms with Gasteiger partial charge in [-0.3, -0.25) is 14.6 Å². The third kappa shape index (κ3) is 4.75. The van der Waals surface area contributed by atoms with Crippen molar-refractivity contribution in [1.82, 2.24) is 9.80 Å². The Morgan fingerprint density at radius 3 is 2.45 bits per heavy atom. The number of hydrogen-bond donors (Lipinski definition) is 0. The molecule has 13 heteroatoms. The van der Waals surface area contributed by atoms with Gasteiger partial charge in [-0.25, -0.2) is 9.18 Å². The van der Waals surface area contributed by atoms with Gasteiger partial charge in [-0.1, -0.05) is 0 Å². The van der Waals surface area contributed by atoms with Gasteiger partial charge in [0, 0.05) is 33.2 Å². The Hall–Kier alpha value is -2.83. The van der Waals surface area contributed by atoms with E-state index in [1.54, 1.807) is 11.9 Å². The van der Waals surface area contributed by atoms with Crippen LogP contribution in [-0.2, 0) is 14.3 Å². The van der Waals surface area contributed by atoms with Crippen LogP contribution in [0.3, 0.4) is 0 Å². The number of carbonyl (C=O) groups excluding carboxylic acids is 2. The van der Waals surface area contributed by atoms with Crippen molar-refractivity contribution in [2.75, 3.05) is 56.7 Å². The van der Waals surface area contributed by atoms with Gasteiger partial charge in [-0.05, 0) is 30.4 Å². The van der Waals surface area contributed by atoms with Gasteiger partial charge in [0.15, 0.2) is 6.23 Å². The van der Waals surface area contributed by atoms with Crippen molar-refractivity contribution >= 4 is 40.8 Å². The van der Waals surface area contributed by atoms with Gasteiger partial charge in [0.25, 0.3) is 5.17 Å². The molecule has 3 rings (SSSR count). The third-order valence-corrected chi connectivity index (χ3v) is 5.54. The van der Waals surface area contributed by atoms with Crippen molar-refractivity contribution in [3.8, 4) is 0 Å². The number of methoxy groups -OCH3 is 1. The zero-order chi connectivity index (χ0) is 22.9. The molecule has 0 spiro atoms. The fraction of sp³-hybridized carbons (Fsp3) is 0.500. The first-order chi connectivity index (χ1) is 14.5. The Kier molecular flexibility index (Phi) is 6.43. The molecule has 2 saturated heterocycles. The van der Waals surface area contributed by atoms with Crippen LogP contribution < -0.4 is 9.80 Å². The van der Waals surface area contributed by atoms with E-state index in [-0.39, 0.29) is 49.3 Å². The van der Waals surface area contributed by atoms with Gasteiger partial charge in [0.2, 0.25) is 0 Å². The van der Waals surface area contributed by atoms with Crippen molar-refractivity contribution in [1.29, 1.82) is 0 Å². The lowest BCUT2D eigenvalue weighted by Crippen LogP contribution is -2.52. The maximum absolute atomic E-state index is 14.8. The predicted molar refractivity (Wildman–Crippen MR) is 106 cm³/mol. The molecule has 2 fully saturated rings. The summed E-state index contributed by atoms with van der Waals surface area (Å²) < 4.78 is 62.6. The zero-order valence-electron chi connectivity index (χ0n) is 16.7. The lowest BCUT2D eigenvalue weighted by atomic mass is 10.2. The van der Waals surface area contributed by atoms with Gasteiger partial charge in [-0.2, -0.15) is 13.2 Å². The molecule has 31 heavy (non-hydrogen) atoms. The van der Waals surface area contributed by atoms with Crippen molar-refractivity contribution in [3.05, 3.63) is 24.0 Å². The molecule has 2 aliphatic rings. The highest BCUT2D eigenvalue weighted by atomic mass is 32.1. The molecule has 8 nitrogen and oxygen atoms in total. The number of anilines is 2. The number of benzene rings is 1. The standard InChI is InChI=1S/C18H20F4N4O4S/c1-23(17(31)29-2)14-10-26(16(28)30-14)11-3-4-13(12(19)9-11)24-5-7-25(8-6-24)15(27)18(20,21)22/h3-4,9,14H,5-8,10H2,1-2H3. The van der Waals surface area contributed by atoms with Crippen molar-refractivity contribution in [3.63, 3.8) is 0 Å². The maximum Gasteiger partial charge on any atom is 0.471 e. The molecule has 1 aromatic rings. The minimum Gasteiger partial charge on any atom is -0.474 e. The Labute approximate surface area is 180 Å². The molecule has 1 unspecified atom stereocenters. The minimum atomic E-state index is -4.93. The number of thiocarbonyl (C=S) groups is 1. The molecule has 0 saturated carbocycles. The number of halogens is 4. The first kappa shape index (κ1) is 22.8. The monoisotopic (exact) mass is 464 g/mol. The van der Waals surface area contributed by atoms with E-state index < -0.39 is 30.2 Å². The van der Waals surface area contributed by atoms with Gasteiger partial charge in [0.05, 0.1) is 25.0 Å². The second kappa shape index (κ2) is 8.73. The molecule has 0 N–H and O–H groups in total. The molecule has 0 aliphatic carbocycles. The second-order valence-electron chi connectivity index (χ2n) is 6.94. The molecule has 2 amide bonds. The van der Waals surface area contributed by atoms with Crippen LogP contribution in [0.2, 0.25) is 0 Å². The number of ether oxygens (including phenoxy) is 2. The summed E-state index contributed by atoms with van der Waals surface area (Å²) in [6, 6.07) is 4.11. The summed E-state index contributed by atoms with van der Waals surface area (Å²) in [5, 5.41) is 0.129. The first-order valence-corrected chi connectivity index (χ1v) is 9.63. The summed E-state index contributed by atoms with van der Waals surface area (Å²) >= 11 is 5.00. The van der Waals surface area contributed by atoms with E-state index in [1.807, 2.05) is 0 Å². The maximum atomic E-state index is 14.8. The molecular weight excluding hydrogens is 444 g/mol. The third-order valence-electron chi connectivity index (χ3n) is 5.08. The van der Waals surface area contributed by atoms with E-state index >= 15 is 0 Å². The van der Waals surface area contributed by atoms with Crippen LogP contribution in [0.5, 0.6) is 0 Å². The first-order valence-electron chi connectivity index (χ1n) is 9.22. The number of alkyl halides is 3. The topological polar surface area (TPSA) is 65.6 Å². The van der Waals surface area contributed by atoms with Crippen LogP contribution in [0, 0.1) is 5.82 Å². The molecular formula is C18H20F4N4O4S. The lowest BCUT2D eigenvalue weighted by molar-refractivity contribution is -0.185. The molecule has 2 aliphatic heterocycles. The molecule has 2 heterocycles. The summed E-state index contributed by atoms with van der Waals surface area (Å²) in [5.41, 5.74) is 0.432. The van der Waals surface area contributed by atoms with Crippen LogP contribution in [-0.4, -0.2) is 86.3 Å². The number of amides is 2. The average Bonchev–Trinajstić information content (AvgIpc) is 3.13. The SMILES string of the molecule is COC(=S)N(C)C1CN(c2ccc(N3CCN(C(=O)C(F)(F)F)CC3)c(F)c2)C(=O)O1. The van der Waals surface area contributed by atoms with Gasteiger partial charge in [0.1, 0.15) is 5.82 Å². The highest BCUT2D eigenvalue weighted by Crippen LogP contribution is 2.29. The fourth-order valence-electron chi connectivity index (χ4n) is 3.37. The lowest BCUT2D eigenvalue weighted by Gasteiger charge is -2.36. The number of cyclic esters (lactones) is 1. The minimum absolute atomic E-state index is 0.0468. The van der Waals surface area contributed by atoms with Crippen LogP contribution in [0.4, 0.5) is 33.7 Å². The number of likely N-dealkylation sites (N-methyl/N-ethyl adjacent to an activating group) is 1. The van der Waals surface area contributed by atoms with Crippen molar-refractivity contribution in [2.45, 2.75) is 12.4 Å². The second-order valence-corrected chi connectivity index (χ2v) is 7.29. The predicted octanol–water partition coefficient (Wildman–Crippen LogP) is 2.18. The molecule has 1 aromatic carbocycles. The van der Waals surface area contributed by atoms with Crippen molar-refractivity contribution < 1.29 is 36.6 Å². The van der Waals surface area contributed by atoms with E-state index in [1.165, 1.54) is 29.0 Å². The highest BCUT2D eigenvalue weighted by Gasteiger charge is 2.43. The smallest absolute Gasteiger partial charge is 0.471 e. The van der Waals surface area contributed by atoms with Crippen LogP contribution in [0.25, 0.3) is 0 Å². The molecule has 1 atom stereocenters. The number of carbonyl (C=O) groups is 2. The summed E-state index contributed by atoms with van der Waals surface area (Å²) in [6.07, 6.45) is -6.32. The number of hydrogen-bond acceptors (Lipinski definition) is 6. The molecule has 0 radical (unpaired) electrons. The zero-order valence-corrected chi connectivity index (χ0v) is 17.5. The van der Waals surface area contributed by atoms with Crippen LogP contribution in [0.15, 0.2) is 18.2 Å². The summed E-state index contributed by atoms with van der Waals surface area (Å²) in [7, 11) is 2.99. The van der Waals surface area contributed by atoms with E-state index in [4.69, 9.17) is 21.7 Å².